The highest BCUT2D eigenvalue weighted by Gasteiger charge is 2.22. The molecule has 13 heteroatoms. The van der Waals surface area contributed by atoms with Crippen molar-refractivity contribution in [3.8, 4) is 11.8 Å². The molecule has 0 aromatic carbocycles. The average Bonchev–Trinajstić information content (AvgIpc) is 2.87. The van der Waals surface area contributed by atoms with Gasteiger partial charge in [-0.2, -0.15) is 0 Å². The van der Waals surface area contributed by atoms with Gasteiger partial charge in [-0.15, -0.1) is 0 Å². The molecule has 2 aromatic rings. The molecule has 1 amide bonds. The van der Waals surface area contributed by atoms with Crippen molar-refractivity contribution >= 4 is 99.3 Å². The predicted molar refractivity (Wildman–Crippen MR) is 191 cm³/mol. The summed E-state index contributed by atoms with van der Waals surface area (Å²) in [7, 11) is 6.20. The third-order valence-electron chi connectivity index (χ3n) is 4.83. The van der Waals surface area contributed by atoms with Crippen molar-refractivity contribution in [3.05, 3.63) is 33.4 Å². The Balaban J connectivity index is 0. The van der Waals surface area contributed by atoms with Gasteiger partial charge in [0.2, 0.25) is 18.2 Å². The highest BCUT2D eigenvalue weighted by Crippen LogP contribution is 2.19. The third kappa shape index (κ3) is 16.7. The standard InChI is InChI=1S/C10H14INO2Si.C9H15NOSi.C6H14N2O.I2/c1-14-10-7(6-13)8(11)5-9(12-10)15(2,3)4;1-11-8-6-5-7-9(10-8)12(2,3)4;1-7(2)4-5-8(3)6-9;1-2/h5-6H,1-4H3;5-7H,1-4H3;6H,4-5H2,1-3H3;. The zero-order chi connectivity index (χ0) is 30.1. The van der Waals surface area contributed by atoms with Gasteiger partial charge in [0.05, 0.1) is 19.8 Å². The van der Waals surface area contributed by atoms with Gasteiger partial charge in [-0.25, -0.2) is 9.97 Å². The SMILES string of the molecule is CN(C)CCN(C)C=O.COc1cccc([Si](C)(C)C)n1.COc1nc([Si](C)(C)C)cc(I)c1C=O.II. The Hall–Kier alpha value is -0.376. The average molecular weight is 901 g/mol. The van der Waals surface area contributed by atoms with Crippen LogP contribution in [0.1, 0.15) is 10.4 Å². The van der Waals surface area contributed by atoms with Gasteiger partial charge in [-0.1, -0.05) is 45.3 Å². The maximum absolute atomic E-state index is 10.9. The molecule has 0 spiro atoms. The number of amides is 1. The quantitative estimate of drug-likeness (QED) is 0.197. The lowest BCUT2D eigenvalue weighted by atomic mass is 10.3. The van der Waals surface area contributed by atoms with Crippen LogP contribution in [0.3, 0.4) is 0 Å². The highest BCUT2D eigenvalue weighted by atomic mass is 128. The van der Waals surface area contributed by atoms with E-state index in [1.54, 1.807) is 26.2 Å². The minimum atomic E-state index is -1.46. The van der Waals surface area contributed by atoms with Crippen molar-refractivity contribution in [2.75, 3.05) is 48.5 Å². The van der Waals surface area contributed by atoms with E-state index < -0.39 is 16.1 Å². The fourth-order valence-corrected chi connectivity index (χ4v) is 5.51. The van der Waals surface area contributed by atoms with E-state index in [1.807, 2.05) is 37.2 Å². The first-order valence-electron chi connectivity index (χ1n) is 11.8. The van der Waals surface area contributed by atoms with Crippen molar-refractivity contribution in [2.24, 2.45) is 0 Å². The van der Waals surface area contributed by atoms with Crippen LogP contribution >= 0.6 is 59.8 Å². The number of pyridine rings is 2. The fourth-order valence-electron chi connectivity index (χ4n) is 2.51. The number of carbonyl (C=O) groups is 2. The Bertz CT molecular complexity index is 973. The van der Waals surface area contributed by atoms with Crippen LogP contribution in [-0.4, -0.2) is 97.1 Å². The first kappa shape index (κ1) is 39.8. The van der Waals surface area contributed by atoms with E-state index in [2.05, 4.69) is 115 Å². The molecule has 0 bridgehead atoms. The van der Waals surface area contributed by atoms with E-state index in [9.17, 15) is 9.59 Å². The summed E-state index contributed by atoms with van der Waals surface area (Å²) in [4.78, 5) is 33.3. The molecule has 0 atom stereocenters. The zero-order valence-corrected chi connectivity index (χ0v) is 32.9. The summed E-state index contributed by atoms with van der Waals surface area (Å²) in [6.45, 7) is 15.2. The lowest BCUT2D eigenvalue weighted by Gasteiger charge is -2.17. The summed E-state index contributed by atoms with van der Waals surface area (Å²) in [5, 5.41) is 2.26. The molecule has 0 saturated carbocycles. The Morgan fingerprint density at radius 1 is 0.868 bits per heavy atom. The monoisotopic (exact) mass is 900 g/mol. The molecule has 0 aliphatic carbocycles. The van der Waals surface area contributed by atoms with Crippen molar-refractivity contribution < 1.29 is 19.1 Å². The maximum atomic E-state index is 10.9. The van der Waals surface area contributed by atoms with E-state index in [4.69, 9.17) is 9.47 Å². The van der Waals surface area contributed by atoms with Crippen molar-refractivity contribution in [2.45, 2.75) is 39.3 Å². The molecule has 0 radical (unpaired) electrons. The van der Waals surface area contributed by atoms with Gasteiger partial charge in [-0.3, -0.25) is 9.59 Å². The molecular weight excluding hydrogens is 857 g/mol. The minimum absolute atomic E-state index is 0.439. The summed E-state index contributed by atoms with van der Waals surface area (Å²) in [5.74, 6) is 1.16. The van der Waals surface area contributed by atoms with Crippen LogP contribution in [0.5, 0.6) is 11.8 Å². The second-order valence-electron chi connectivity index (χ2n) is 10.5. The first-order valence-corrected chi connectivity index (χ1v) is 26.1. The van der Waals surface area contributed by atoms with Gasteiger partial charge in [0.1, 0.15) is 16.1 Å². The van der Waals surface area contributed by atoms with Crippen LogP contribution in [0.2, 0.25) is 39.3 Å². The molecule has 2 heterocycles. The van der Waals surface area contributed by atoms with E-state index >= 15 is 0 Å². The predicted octanol–water partition coefficient (Wildman–Crippen LogP) is 5.10. The number of rotatable bonds is 9. The molecule has 216 valence electrons. The van der Waals surface area contributed by atoms with E-state index in [-0.39, 0.29) is 0 Å². The number of likely N-dealkylation sites (N-methyl/N-ethyl adjacent to an activating group) is 2. The van der Waals surface area contributed by atoms with Crippen molar-refractivity contribution in [3.63, 3.8) is 0 Å². The molecule has 0 aliphatic rings. The summed E-state index contributed by atoms with van der Waals surface area (Å²) in [6, 6.07) is 7.94. The summed E-state index contributed by atoms with van der Waals surface area (Å²) < 4.78 is 11.1. The number of halogens is 3. The van der Waals surface area contributed by atoms with E-state index in [0.717, 1.165) is 40.6 Å². The largest absolute Gasteiger partial charge is 0.481 e. The van der Waals surface area contributed by atoms with Crippen molar-refractivity contribution in [1.29, 1.82) is 0 Å². The number of aromatic nitrogens is 2. The van der Waals surface area contributed by atoms with Crippen LogP contribution in [-0.2, 0) is 4.79 Å². The van der Waals surface area contributed by atoms with Gasteiger partial charge in [0, 0.05) is 77.6 Å². The maximum Gasteiger partial charge on any atom is 0.224 e. The second kappa shape index (κ2) is 20.5. The number of nitrogens with zero attached hydrogens (tertiary/aromatic N) is 4. The second-order valence-corrected chi connectivity index (χ2v) is 21.7. The summed E-state index contributed by atoms with van der Waals surface area (Å²) >= 11 is 6.39. The lowest BCUT2D eigenvalue weighted by Crippen LogP contribution is -2.40. The van der Waals surface area contributed by atoms with Gasteiger partial charge >= 0.3 is 0 Å². The fraction of sp³-hybridized carbons (Fsp3) is 0.520. The van der Waals surface area contributed by atoms with E-state index in [1.165, 1.54) is 5.32 Å². The molecule has 0 aliphatic heterocycles. The van der Waals surface area contributed by atoms with Gasteiger partial charge in [0.15, 0.2) is 6.29 Å². The number of carbonyl (C=O) groups excluding carboxylic acids is 2. The molecule has 2 rings (SSSR count). The number of hydrogen-bond donors (Lipinski definition) is 0. The molecule has 0 saturated heterocycles. The minimum Gasteiger partial charge on any atom is -0.481 e. The zero-order valence-electron chi connectivity index (χ0n) is 24.4. The van der Waals surface area contributed by atoms with Crippen molar-refractivity contribution in [1.82, 2.24) is 19.8 Å². The topological polar surface area (TPSA) is 84.9 Å². The Labute approximate surface area is 268 Å². The molecule has 0 unspecified atom stereocenters. The first-order chi connectivity index (χ1) is 17.6. The van der Waals surface area contributed by atoms with Crippen LogP contribution in [0.25, 0.3) is 0 Å². The van der Waals surface area contributed by atoms with Crippen LogP contribution in [0, 0.1) is 3.57 Å². The van der Waals surface area contributed by atoms with Crippen LogP contribution < -0.4 is 20.1 Å². The van der Waals surface area contributed by atoms with Gasteiger partial charge in [0.25, 0.3) is 0 Å². The number of methoxy groups -OCH3 is 2. The normalized spacial score (nSPS) is 10.5. The Kier molecular flexibility index (Phi) is 21.4. The van der Waals surface area contributed by atoms with Crippen LogP contribution in [0.15, 0.2) is 24.3 Å². The van der Waals surface area contributed by atoms with E-state index in [0.29, 0.717) is 11.4 Å². The summed E-state index contributed by atoms with van der Waals surface area (Å²) in [6.07, 6.45) is 1.63. The Morgan fingerprint density at radius 2 is 1.42 bits per heavy atom. The Morgan fingerprint density at radius 3 is 1.82 bits per heavy atom. The number of hydrogen-bond acceptors (Lipinski definition) is 7. The third-order valence-corrected chi connectivity index (χ3v) is 9.33. The smallest absolute Gasteiger partial charge is 0.224 e. The van der Waals surface area contributed by atoms with Gasteiger partial charge in [-0.05, 0) is 48.8 Å². The highest BCUT2D eigenvalue weighted by molar-refractivity contribution is 15.0. The molecule has 38 heavy (non-hydrogen) atoms. The number of ether oxygens (including phenoxy) is 2. The van der Waals surface area contributed by atoms with Gasteiger partial charge < -0.3 is 19.3 Å². The number of aldehydes is 1. The molecule has 0 fully saturated rings. The molecule has 2 aromatic heterocycles. The lowest BCUT2D eigenvalue weighted by molar-refractivity contribution is -0.117. The molecular formula is C25H43I3N4O4Si2. The molecule has 0 N–H and O–H groups in total. The molecule has 8 nitrogen and oxygen atoms in total. The van der Waals surface area contributed by atoms with Crippen LogP contribution in [0.4, 0.5) is 0 Å². The summed E-state index contributed by atoms with van der Waals surface area (Å²) in [5.41, 5.74) is 0.542.